The van der Waals surface area contributed by atoms with Crippen molar-refractivity contribution >= 4 is 41.5 Å². The van der Waals surface area contributed by atoms with Crippen LogP contribution in [0, 0.1) is 5.82 Å². The van der Waals surface area contributed by atoms with E-state index in [1.165, 1.54) is 18.6 Å². The van der Waals surface area contributed by atoms with E-state index in [-0.39, 0.29) is 47.0 Å². The lowest BCUT2D eigenvalue weighted by atomic mass is 9.64. The van der Waals surface area contributed by atoms with Crippen LogP contribution in [0.1, 0.15) is 49.7 Å². The van der Waals surface area contributed by atoms with Crippen LogP contribution in [0.5, 0.6) is 0 Å². The Balaban J connectivity index is 0.00000272. The largest absolute Gasteiger partial charge is 0.357 e. The van der Waals surface area contributed by atoms with Crippen LogP contribution >= 0.6 is 24.0 Å². The highest BCUT2D eigenvalue weighted by Gasteiger charge is 2.38. The van der Waals surface area contributed by atoms with Gasteiger partial charge in [-0.25, -0.2) is 4.39 Å². The van der Waals surface area contributed by atoms with E-state index in [4.69, 9.17) is 4.99 Å². The number of fused-ring (bicyclic) bond motifs is 1. The van der Waals surface area contributed by atoms with Crippen molar-refractivity contribution in [2.45, 2.75) is 43.9 Å². The van der Waals surface area contributed by atoms with Crippen molar-refractivity contribution in [3.63, 3.8) is 0 Å². The monoisotopic (exact) mass is 536 g/mol. The average molecular weight is 536 g/mol. The molecule has 4 rings (SSSR count). The summed E-state index contributed by atoms with van der Waals surface area (Å²) in [4.78, 5) is 16.9. The number of rotatable bonds is 6. The molecule has 3 N–H and O–H groups in total. The zero-order chi connectivity index (χ0) is 21.0. The first-order valence-corrected chi connectivity index (χ1v) is 10.8. The molecule has 0 aromatic heterocycles. The number of nitrogens with one attached hydrogen (secondary N) is 3. The second-order valence-electron chi connectivity index (χ2n) is 8.25. The van der Waals surface area contributed by atoms with Gasteiger partial charge in [0.1, 0.15) is 5.82 Å². The number of amides is 1. The van der Waals surface area contributed by atoms with Gasteiger partial charge in [0, 0.05) is 36.5 Å². The van der Waals surface area contributed by atoms with E-state index in [9.17, 15) is 9.18 Å². The van der Waals surface area contributed by atoms with E-state index in [0.29, 0.717) is 19.5 Å². The molecule has 1 heterocycles. The number of hydrogen-bond acceptors (Lipinski definition) is 2. The maximum absolute atomic E-state index is 13.3. The summed E-state index contributed by atoms with van der Waals surface area (Å²) in [5.41, 5.74) is 3.20. The lowest BCUT2D eigenvalue weighted by Gasteiger charge is -2.41. The molecule has 1 aliphatic carbocycles. The van der Waals surface area contributed by atoms with Crippen LogP contribution in [0.3, 0.4) is 0 Å². The second kappa shape index (κ2) is 10.4. The van der Waals surface area contributed by atoms with Crippen LogP contribution < -0.4 is 16.0 Å². The highest BCUT2D eigenvalue weighted by molar-refractivity contribution is 14.0. The highest BCUT2D eigenvalue weighted by atomic mass is 127. The summed E-state index contributed by atoms with van der Waals surface area (Å²) in [6.07, 6.45) is 3.77. The van der Waals surface area contributed by atoms with Gasteiger partial charge in [-0.1, -0.05) is 36.8 Å². The molecule has 166 valence electrons. The summed E-state index contributed by atoms with van der Waals surface area (Å²) in [6.45, 7) is 4.10. The number of hydrogen-bond donors (Lipinski definition) is 3. The van der Waals surface area contributed by atoms with Crippen LogP contribution in [0.15, 0.2) is 53.5 Å². The lowest BCUT2D eigenvalue weighted by molar-refractivity contribution is -0.116. The molecule has 7 heteroatoms. The van der Waals surface area contributed by atoms with E-state index in [1.807, 2.05) is 37.3 Å². The van der Waals surface area contributed by atoms with Crippen LogP contribution in [-0.4, -0.2) is 31.5 Å². The first-order valence-electron chi connectivity index (χ1n) is 10.8. The second-order valence-corrected chi connectivity index (χ2v) is 8.25. The fourth-order valence-electron chi connectivity index (χ4n) is 4.42. The molecular weight excluding hydrogens is 506 g/mol. The lowest BCUT2D eigenvalue weighted by Crippen LogP contribution is -2.43. The topological polar surface area (TPSA) is 65.5 Å². The van der Waals surface area contributed by atoms with Gasteiger partial charge < -0.3 is 16.0 Å². The number of para-hydroxylation sites is 1. The summed E-state index contributed by atoms with van der Waals surface area (Å²) in [5, 5.41) is 9.69. The molecule has 1 unspecified atom stereocenters. The van der Waals surface area contributed by atoms with E-state index in [1.54, 1.807) is 0 Å². The predicted octanol–water partition coefficient (Wildman–Crippen LogP) is 4.55. The smallest absolute Gasteiger partial charge is 0.225 e. The van der Waals surface area contributed by atoms with Crippen molar-refractivity contribution in [2.75, 3.05) is 25.0 Å². The van der Waals surface area contributed by atoms with Gasteiger partial charge in [0.25, 0.3) is 0 Å². The van der Waals surface area contributed by atoms with Crippen LogP contribution in [0.4, 0.5) is 10.1 Å². The number of carbonyl (C=O) groups is 1. The number of nitrogens with zero attached hydrogens (tertiary/aromatic N) is 1. The molecule has 31 heavy (non-hydrogen) atoms. The van der Waals surface area contributed by atoms with E-state index in [2.05, 4.69) is 22.0 Å². The maximum Gasteiger partial charge on any atom is 0.225 e. The van der Waals surface area contributed by atoms with Crippen LogP contribution in [-0.2, 0) is 10.2 Å². The van der Waals surface area contributed by atoms with Gasteiger partial charge in [-0.15, -0.1) is 24.0 Å². The van der Waals surface area contributed by atoms with Crippen molar-refractivity contribution in [1.82, 2.24) is 10.6 Å². The van der Waals surface area contributed by atoms with Crippen molar-refractivity contribution in [3.8, 4) is 0 Å². The van der Waals surface area contributed by atoms with Crippen molar-refractivity contribution in [3.05, 3.63) is 65.5 Å². The Labute approximate surface area is 200 Å². The van der Waals surface area contributed by atoms with Gasteiger partial charge in [0.05, 0.1) is 6.54 Å². The molecule has 2 aromatic rings. The minimum absolute atomic E-state index is 0. The Morgan fingerprint density at radius 3 is 2.58 bits per heavy atom. The average Bonchev–Trinajstić information content (AvgIpc) is 2.72. The fraction of sp³-hybridized carbons (Fsp3) is 0.417. The number of halogens is 2. The molecule has 2 aromatic carbocycles. The van der Waals surface area contributed by atoms with Gasteiger partial charge >= 0.3 is 0 Å². The number of benzene rings is 2. The molecule has 0 radical (unpaired) electrons. The minimum Gasteiger partial charge on any atom is -0.357 e. The Kier molecular flexibility index (Phi) is 7.91. The molecule has 1 aliphatic heterocycles. The van der Waals surface area contributed by atoms with Crippen LogP contribution in [0.25, 0.3) is 0 Å². The van der Waals surface area contributed by atoms with E-state index < -0.39 is 0 Å². The summed E-state index contributed by atoms with van der Waals surface area (Å²) >= 11 is 0. The number of anilines is 1. The zero-order valence-electron chi connectivity index (χ0n) is 17.8. The zero-order valence-corrected chi connectivity index (χ0v) is 20.1. The van der Waals surface area contributed by atoms with Gasteiger partial charge in [0.2, 0.25) is 5.91 Å². The summed E-state index contributed by atoms with van der Waals surface area (Å²) in [7, 11) is 0. The van der Waals surface area contributed by atoms with E-state index in [0.717, 1.165) is 42.2 Å². The molecule has 2 aliphatic rings. The summed E-state index contributed by atoms with van der Waals surface area (Å²) in [5.74, 6) is 0.707. The fourth-order valence-corrected chi connectivity index (χ4v) is 4.42. The van der Waals surface area contributed by atoms with Crippen molar-refractivity contribution in [1.29, 1.82) is 0 Å². The molecule has 1 atom stereocenters. The normalized spacial score (nSPS) is 19.4. The Hall–Kier alpha value is -2.16. The first-order chi connectivity index (χ1) is 14.6. The highest BCUT2D eigenvalue weighted by Crippen LogP contribution is 2.44. The van der Waals surface area contributed by atoms with Gasteiger partial charge in [0.15, 0.2) is 5.96 Å². The number of guanidine groups is 1. The standard InChI is InChI=1S/C24H29FN4O.HI/c1-2-26-23(27-15-17-14-22(30)29-21-7-4-3-6-20(17)21)28-16-24(12-5-13-24)18-8-10-19(25)11-9-18;/h3-4,6-11,17H,2,5,12-16H2,1H3,(H,29,30)(H2,26,27,28);1H. The number of carbonyl (C=O) groups excluding carboxylic acids is 1. The Bertz CT molecular complexity index is 927. The Morgan fingerprint density at radius 2 is 1.90 bits per heavy atom. The predicted molar refractivity (Wildman–Crippen MR) is 134 cm³/mol. The van der Waals surface area contributed by atoms with Crippen molar-refractivity contribution in [2.24, 2.45) is 4.99 Å². The molecular formula is C24H30FIN4O. The minimum atomic E-state index is -0.205. The molecule has 0 bridgehead atoms. The molecule has 0 spiro atoms. The van der Waals surface area contributed by atoms with Gasteiger partial charge in [-0.05, 0) is 49.1 Å². The molecule has 1 saturated carbocycles. The van der Waals surface area contributed by atoms with Crippen molar-refractivity contribution < 1.29 is 9.18 Å². The molecule has 0 saturated heterocycles. The summed E-state index contributed by atoms with van der Waals surface area (Å²) in [6, 6.07) is 14.8. The molecule has 1 fully saturated rings. The third-order valence-electron chi connectivity index (χ3n) is 6.27. The first kappa shape index (κ1) is 23.5. The molecule has 5 nitrogen and oxygen atoms in total. The van der Waals surface area contributed by atoms with Crippen LogP contribution in [0.2, 0.25) is 0 Å². The summed E-state index contributed by atoms with van der Waals surface area (Å²) < 4.78 is 13.3. The molecule has 1 amide bonds. The maximum atomic E-state index is 13.3. The van der Waals surface area contributed by atoms with Gasteiger partial charge in [-0.2, -0.15) is 0 Å². The third-order valence-corrected chi connectivity index (χ3v) is 6.27. The SMILES string of the molecule is CCNC(=NCC1(c2ccc(F)cc2)CCC1)NCC1CC(=O)Nc2ccccc21.I. The third kappa shape index (κ3) is 5.37. The van der Waals surface area contributed by atoms with E-state index >= 15 is 0 Å². The Morgan fingerprint density at radius 1 is 1.16 bits per heavy atom. The van der Waals surface area contributed by atoms with Gasteiger partial charge in [-0.3, -0.25) is 9.79 Å². The number of aliphatic imine (C=N–C) groups is 1. The quantitative estimate of drug-likeness (QED) is 0.289.